The van der Waals surface area contributed by atoms with Crippen LogP contribution in [0.25, 0.3) is 11.1 Å². The summed E-state index contributed by atoms with van der Waals surface area (Å²) >= 11 is 0. The van der Waals surface area contributed by atoms with E-state index < -0.39 is 17.5 Å². The summed E-state index contributed by atoms with van der Waals surface area (Å²) in [7, 11) is 0. The molecule has 2 rings (SSSR count). The summed E-state index contributed by atoms with van der Waals surface area (Å²) in [4.78, 5) is 0. The summed E-state index contributed by atoms with van der Waals surface area (Å²) in [5.41, 5.74) is 0.768. The maximum absolute atomic E-state index is 14.0. The summed E-state index contributed by atoms with van der Waals surface area (Å²) in [6, 6.07) is 7.51. The van der Waals surface area contributed by atoms with Crippen molar-refractivity contribution in [3.8, 4) is 11.1 Å². The Kier molecular flexibility index (Phi) is 4.22. The van der Waals surface area contributed by atoms with E-state index in [2.05, 4.69) is 5.32 Å². The van der Waals surface area contributed by atoms with Gasteiger partial charge in [-0.25, -0.2) is 13.2 Å². The highest BCUT2D eigenvalue weighted by atomic mass is 19.1. The minimum absolute atomic E-state index is 0.0625. The number of benzene rings is 2. The average Bonchev–Trinajstić information content (AvgIpc) is 2.40. The molecule has 0 spiro atoms. The Morgan fingerprint density at radius 1 is 0.895 bits per heavy atom. The minimum atomic E-state index is -0.639. The molecule has 0 aliphatic carbocycles. The molecule has 0 heterocycles. The van der Waals surface area contributed by atoms with Crippen LogP contribution in [-0.2, 0) is 6.54 Å². The lowest BCUT2D eigenvalue weighted by molar-refractivity contribution is 0.597. The van der Waals surface area contributed by atoms with Gasteiger partial charge in [0.05, 0.1) is 0 Å². The molecule has 4 heteroatoms. The molecule has 19 heavy (non-hydrogen) atoms. The molecule has 0 saturated carbocycles. The molecule has 0 saturated heterocycles. The van der Waals surface area contributed by atoms with E-state index in [1.807, 2.05) is 6.92 Å². The van der Waals surface area contributed by atoms with Crippen molar-refractivity contribution in [2.75, 3.05) is 6.54 Å². The van der Waals surface area contributed by atoms with Crippen molar-refractivity contribution in [3.63, 3.8) is 0 Å². The van der Waals surface area contributed by atoms with Crippen LogP contribution in [0.1, 0.15) is 12.5 Å². The van der Waals surface area contributed by atoms with Crippen LogP contribution in [0, 0.1) is 17.5 Å². The van der Waals surface area contributed by atoms with Gasteiger partial charge in [-0.2, -0.15) is 0 Å². The molecule has 0 atom stereocenters. The highest BCUT2D eigenvalue weighted by Gasteiger charge is 2.11. The molecule has 0 fully saturated rings. The molecule has 2 aromatic carbocycles. The van der Waals surface area contributed by atoms with E-state index in [4.69, 9.17) is 0 Å². The van der Waals surface area contributed by atoms with Gasteiger partial charge in [-0.15, -0.1) is 0 Å². The Morgan fingerprint density at radius 3 is 2.37 bits per heavy atom. The molecule has 1 N–H and O–H groups in total. The van der Waals surface area contributed by atoms with Gasteiger partial charge in [-0.3, -0.25) is 0 Å². The van der Waals surface area contributed by atoms with Crippen molar-refractivity contribution in [1.29, 1.82) is 0 Å². The quantitative estimate of drug-likeness (QED) is 0.884. The van der Waals surface area contributed by atoms with Gasteiger partial charge in [-0.1, -0.05) is 19.1 Å². The molecule has 100 valence electrons. The predicted molar refractivity (Wildman–Crippen MR) is 69.1 cm³/mol. The van der Waals surface area contributed by atoms with E-state index in [1.165, 1.54) is 12.1 Å². The molecule has 0 bridgehead atoms. The first-order valence-corrected chi connectivity index (χ1v) is 6.06. The van der Waals surface area contributed by atoms with E-state index in [1.54, 1.807) is 6.07 Å². The largest absolute Gasteiger partial charge is 0.313 e. The topological polar surface area (TPSA) is 12.0 Å². The highest BCUT2D eigenvalue weighted by molar-refractivity contribution is 5.65. The maximum Gasteiger partial charge on any atom is 0.131 e. The molecule has 0 aliphatic rings. The Morgan fingerprint density at radius 2 is 1.68 bits per heavy atom. The molecule has 2 aromatic rings. The lowest BCUT2D eigenvalue weighted by atomic mass is 10.0. The van der Waals surface area contributed by atoms with Gasteiger partial charge < -0.3 is 5.32 Å². The maximum atomic E-state index is 14.0. The van der Waals surface area contributed by atoms with Crippen LogP contribution in [-0.4, -0.2) is 6.54 Å². The number of nitrogens with one attached hydrogen (secondary N) is 1. The number of rotatable bonds is 4. The van der Waals surface area contributed by atoms with E-state index in [-0.39, 0.29) is 11.1 Å². The van der Waals surface area contributed by atoms with Gasteiger partial charge in [-0.05, 0) is 36.4 Å². The van der Waals surface area contributed by atoms with E-state index in [9.17, 15) is 13.2 Å². The molecular formula is C15H14F3N. The van der Waals surface area contributed by atoms with Gasteiger partial charge in [0.15, 0.2) is 0 Å². The van der Waals surface area contributed by atoms with E-state index in [0.29, 0.717) is 6.54 Å². The third kappa shape index (κ3) is 3.15. The second kappa shape index (κ2) is 5.89. The normalized spacial score (nSPS) is 10.7. The van der Waals surface area contributed by atoms with Crippen molar-refractivity contribution >= 4 is 0 Å². The zero-order valence-electron chi connectivity index (χ0n) is 10.5. The van der Waals surface area contributed by atoms with E-state index in [0.717, 1.165) is 30.3 Å². The van der Waals surface area contributed by atoms with Crippen molar-refractivity contribution in [3.05, 3.63) is 59.4 Å². The van der Waals surface area contributed by atoms with Crippen LogP contribution in [0.3, 0.4) is 0 Å². The minimum Gasteiger partial charge on any atom is -0.313 e. The van der Waals surface area contributed by atoms with Crippen LogP contribution in [0.15, 0.2) is 36.4 Å². The second-order valence-electron chi connectivity index (χ2n) is 4.22. The van der Waals surface area contributed by atoms with Crippen LogP contribution in [0.5, 0.6) is 0 Å². The fourth-order valence-electron chi connectivity index (χ4n) is 1.86. The summed E-state index contributed by atoms with van der Waals surface area (Å²) in [5, 5.41) is 3.07. The van der Waals surface area contributed by atoms with Crippen molar-refractivity contribution in [1.82, 2.24) is 5.32 Å². The van der Waals surface area contributed by atoms with Gasteiger partial charge in [0.1, 0.15) is 17.5 Å². The first-order chi connectivity index (χ1) is 9.11. The summed E-state index contributed by atoms with van der Waals surface area (Å²) in [6.07, 6.45) is 0. The summed E-state index contributed by atoms with van der Waals surface area (Å²) in [6.45, 7) is 3.27. The lowest BCUT2D eigenvalue weighted by Gasteiger charge is -2.08. The van der Waals surface area contributed by atoms with Crippen molar-refractivity contribution < 1.29 is 13.2 Å². The fraction of sp³-hybridized carbons (Fsp3) is 0.200. The Bertz CT molecular complexity index is 582. The molecular weight excluding hydrogens is 251 g/mol. The van der Waals surface area contributed by atoms with E-state index >= 15 is 0 Å². The third-order valence-electron chi connectivity index (χ3n) is 2.83. The van der Waals surface area contributed by atoms with Gasteiger partial charge in [0.25, 0.3) is 0 Å². The first kappa shape index (κ1) is 13.6. The van der Waals surface area contributed by atoms with Gasteiger partial charge >= 0.3 is 0 Å². The number of hydrogen-bond donors (Lipinski definition) is 1. The standard InChI is InChI=1S/C15H14F3N/c1-2-19-9-10-3-5-12(15(18)7-10)13-8-11(16)4-6-14(13)17/h3-8,19H,2,9H2,1H3. The molecule has 0 radical (unpaired) electrons. The zero-order chi connectivity index (χ0) is 13.8. The van der Waals surface area contributed by atoms with Crippen LogP contribution >= 0.6 is 0 Å². The number of halogens is 3. The monoisotopic (exact) mass is 265 g/mol. The highest BCUT2D eigenvalue weighted by Crippen LogP contribution is 2.27. The molecule has 0 aliphatic heterocycles. The lowest BCUT2D eigenvalue weighted by Crippen LogP contribution is -2.11. The summed E-state index contributed by atoms with van der Waals surface area (Å²) in [5.74, 6) is -1.79. The SMILES string of the molecule is CCNCc1ccc(-c2cc(F)ccc2F)c(F)c1. The van der Waals surface area contributed by atoms with Crippen LogP contribution in [0.2, 0.25) is 0 Å². The first-order valence-electron chi connectivity index (χ1n) is 6.06. The van der Waals surface area contributed by atoms with Crippen molar-refractivity contribution in [2.24, 2.45) is 0 Å². The average molecular weight is 265 g/mol. The molecule has 0 unspecified atom stereocenters. The second-order valence-corrected chi connectivity index (χ2v) is 4.22. The molecule has 0 amide bonds. The predicted octanol–water partition coefficient (Wildman–Crippen LogP) is 3.88. The Balaban J connectivity index is 2.37. The molecule has 0 aromatic heterocycles. The summed E-state index contributed by atoms with van der Waals surface area (Å²) < 4.78 is 40.7. The Labute approximate surface area is 110 Å². The smallest absolute Gasteiger partial charge is 0.131 e. The zero-order valence-corrected chi connectivity index (χ0v) is 10.5. The Hall–Kier alpha value is -1.81. The van der Waals surface area contributed by atoms with Crippen LogP contribution < -0.4 is 5.32 Å². The fourth-order valence-corrected chi connectivity index (χ4v) is 1.86. The third-order valence-corrected chi connectivity index (χ3v) is 2.83. The number of hydrogen-bond acceptors (Lipinski definition) is 1. The van der Waals surface area contributed by atoms with Gasteiger partial charge in [0, 0.05) is 17.7 Å². The molecule has 1 nitrogen and oxygen atoms in total. The van der Waals surface area contributed by atoms with Crippen molar-refractivity contribution in [2.45, 2.75) is 13.5 Å². The van der Waals surface area contributed by atoms with Gasteiger partial charge in [0.2, 0.25) is 0 Å². The van der Waals surface area contributed by atoms with Crippen LogP contribution in [0.4, 0.5) is 13.2 Å².